The summed E-state index contributed by atoms with van der Waals surface area (Å²) in [5, 5.41) is 20.9. The lowest BCUT2D eigenvalue weighted by Crippen LogP contribution is -2.20. The molecule has 0 aliphatic rings. The van der Waals surface area contributed by atoms with Crippen molar-refractivity contribution in [1.82, 2.24) is 15.2 Å². The van der Waals surface area contributed by atoms with Gasteiger partial charge in [0.25, 0.3) is 5.91 Å². The highest BCUT2D eigenvalue weighted by atomic mass is 16.6. The molecule has 3 aromatic rings. The summed E-state index contributed by atoms with van der Waals surface area (Å²) in [5.74, 6) is -0.920. The van der Waals surface area contributed by atoms with Crippen LogP contribution in [0.15, 0.2) is 46.9 Å². The number of hydrogen-bond acceptors (Lipinski definition) is 8. The van der Waals surface area contributed by atoms with Crippen LogP contribution in [0.1, 0.15) is 5.69 Å². The van der Waals surface area contributed by atoms with E-state index >= 15 is 0 Å². The minimum atomic E-state index is -0.676. The predicted molar refractivity (Wildman–Crippen MR) is 89.5 cm³/mol. The highest BCUT2D eigenvalue weighted by molar-refractivity contribution is 5.89. The summed E-state index contributed by atoms with van der Waals surface area (Å²) in [4.78, 5) is 26.0. The van der Waals surface area contributed by atoms with Gasteiger partial charge >= 0.3 is 11.8 Å². The average Bonchev–Trinajstić information content (AvgIpc) is 3.09. The van der Waals surface area contributed by atoms with Gasteiger partial charge in [-0.25, -0.2) is 0 Å². The first-order valence-electron chi connectivity index (χ1n) is 7.46. The molecule has 0 bridgehead atoms. The second-order valence-electron chi connectivity index (χ2n) is 5.15. The number of nitrogens with one attached hydrogen (secondary N) is 1. The molecule has 0 radical (unpaired) electrons. The van der Waals surface area contributed by atoms with Crippen LogP contribution in [-0.2, 0) is 4.79 Å². The standard InChI is InChI=1S/C16H13N5O5/c1-10-7-8-12(14(17-10)21(23)24)25-9-13(22)18-16-20-19-15(26-16)11-5-3-2-4-6-11/h2-8H,9H2,1H3,(H,18,20,22). The molecule has 2 aromatic heterocycles. The number of nitrogens with zero attached hydrogens (tertiary/aromatic N) is 4. The number of hydrogen-bond donors (Lipinski definition) is 1. The Morgan fingerprint density at radius 3 is 2.73 bits per heavy atom. The van der Waals surface area contributed by atoms with Crippen LogP contribution in [0.5, 0.6) is 5.75 Å². The molecule has 26 heavy (non-hydrogen) atoms. The molecule has 0 fully saturated rings. The lowest BCUT2D eigenvalue weighted by Gasteiger charge is -2.05. The summed E-state index contributed by atoms with van der Waals surface area (Å²) in [5.41, 5.74) is 1.17. The number of benzene rings is 1. The molecule has 0 atom stereocenters. The van der Waals surface area contributed by atoms with Crippen LogP contribution < -0.4 is 10.1 Å². The first-order chi connectivity index (χ1) is 12.5. The number of nitro groups is 1. The average molecular weight is 355 g/mol. The fraction of sp³-hybridized carbons (Fsp3) is 0.125. The van der Waals surface area contributed by atoms with E-state index < -0.39 is 23.3 Å². The van der Waals surface area contributed by atoms with Crippen LogP contribution in [0, 0.1) is 17.0 Å². The molecule has 10 nitrogen and oxygen atoms in total. The SMILES string of the molecule is Cc1ccc(OCC(=O)Nc2nnc(-c3ccccc3)o2)c([N+](=O)[O-])n1. The summed E-state index contributed by atoms with van der Waals surface area (Å²) in [6.45, 7) is 1.14. The van der Waals surface area contributed by atoms with E-state index in [0.717, 1.165) is 0 Å². The van der Waals surface area contributed by atoms with Crippen molar-refractivity contribution < 1.29 is 18.9 Å². The van der Waals surface area contributed by atoms with Gasteiger partial charge in [0.2, 0.25) is 11.6 Å². The smallest absolute Gasteiger partial charge is 0.406 e. The number of aryl methyl sites for hydroxylation is 1. The molecule has 1 N–H and O–H groups in total. The number of carbonyl (C=O) groups is 1. The zero-order valence-electron chi connectivity index (χ0n) is 13.6. The summed E-state index contributed by atoms with van der Waals surface area (Å²) in [7, 11) is 0. The molecule has 0 spiro atoms. The van der Waals surface area contributed by atoms with Gasteiger partial charge < -0.3 is 19.3 Å². The van der Waals surface area contributed by atoms with Crippen LogP contribution >= 0.6 is 0 Å². The van der Waals surface area contributed by atoms with E-state index in [9.17, 15) is 14.9 Å². The summed E-state index contributed by atoms with van der Waals surface area (Å²) < 4.78 is 10.5. The minimum Gasteiger partial charge on any atom is -0.476 e. The Bertz CT molecular complexity index is 941. The van der Waals surface area contributed by atoms with Gasteiger partial charge in [-0.1, -0.05) is 23.3 Å². The maximum atomic E-state index is 11.9. The molecule has 0 saturated carbocycles. The number of anilines is 1. The van der Waals surface area contributed by atoms with Crippen LogP contribution in [0.2, 0.25) is 0 Å². The Morgan fingerprint density at radius 2 is 2.00 bits per heavy atom. The summed E-state index contributed by atoms with van der Waals surface area (Å²) >= 11 is 0. The summed E-state index contributed by atoms with van der Waals surface area (Å²) in [6, 6.07) is 11.9. The highest BCUT2D eigenvalue weighted by Gasteiger charge is 2.19. The maximum absolute atomic E-state index is 11.9. The lowest BCUT2D eigenvalue weighted by atomic mass is 10.2. The molecule has 0 aliphatic carbocycles. The van der Waals surface area contributed by atoms with Gasteiger partial charge in [-0.2, -0.15) is 0 Å². The van der Waals surface area contributed by atoms with Crippen molar-refractivity contribution in [3.05, 3.63) is 58.3 Å². The quantitative estimate of drug-likeness (QED) is 0.526. The van der Waals surface area contributed by atoms with E-state index in [1.165, 1.54) is 6.07 Å². The van der Waals surface area contributed by atoms with E-state index in [1.807, 2.05) is 18.2 Å². The number of amides is 1. The number of rotatable bonds is 6. The second-order valence-corrected chi connectivity index (χ2v) is 5.15. The van der Waals surface area contributed by atoms with Crippen molar-refractivity contribution in [2.24, 2.45) is 0 Å². The summed E-state index contributed by atoms with van der Waals surface area (Å²) in [6.07, 6.45) is 0. The number of pyridine rings is 1. The Balaban J connectivity index is 1.62. The van der Waals surface area contributed by atoms with Crippen molar-refractivity contribution in [3.63, 3.8) is 0 Å². The topological polar surface area (TPSA) is 133 Å². The van der Waals surface area contributed by atoms with Gasteiger partial charge in [0.15, 0.2) is 6.61 Å². The third-order valence-electron chi connectivity index (χ3n) is 3.20. The highest BCUT2D eigenvalue weighted by Crippen LogP contribution is 2.24. The van der Waals surface area contributed by atoms with E-state index in [1.54, 1.807) is 25.1 Å². The molecule has 1 aromatic carbocycles. The Labute approximate surface area is 147 Å². The Kier molecular flexibility index (Phi) is 4.83. The molecule has 0 aliphatic heterocycles. The van der Waals surface area contributed by atoms with Gasteiger partial charge in [0.05, 0.1) is 0 Å². The van der Waals surface area contributed by atoms with Crippen molar-refractivity contribution in [1.29, 1.82) is 0 Å². The Morgan fingerprint density at radius 1 is 1.23 bits per heavy atom. The molecule has 0 saturated heterocycles. The first-order valence-corrected chi connectivity index (χ1v) is 7.46. The molecule has 3 rings (SSSR count). The minimum absolute atomic E-state index is 0.103. The molecular weight excluding hydrogens is 342 g/mol. The van der Waals surface area contributed by atoms with Crippen LogP contribution in [-0.4, -0.2) is 32.6 Å². The zero-order chi connectivity index (χ0) is 18.5. The molecule has 1 amide bonds. The normalized spacial score (nSPS) is 10.3. The molecule has 10 heteroatoms. The number of ether oxygens (including phenoxy) is 1. The van der Waals surface area contributed by atoms with Crippen molar-refractivity contribution >= 4 is 17.7 Å². The van der Waals surface area contributed by atoms with Gasteiger partial charge in [0, 0.05) is 12.5 Å². The molecule has 0 unspecified atom stereocenters. The first kappa shape index (κ1) is 17.0. The van der Waals surface area contributed by atoms with E-state index in [0.29, 0.717) is 11.3 Å². The predicted octanol–water partition coefficient (Wildman–Crippen LogP) is 2.37. The van der Waals surface area contributed by atoms with E-state index in [-0.39, 0.29) is 17.7 Å². The maximum Gasteiger partial charge on any atom is 0.406 e. The van der Waals surface area contributed by atoms with E-state index in [2.05, 4.69) is 20.5 Å². The fourth-order valence-electron chi connectivity index (χ4n) is 2.04. The van der Waals surface area contributed by atoms with Crippen molar-refractivity contribution in [2.45, 2.75) is 6.92 Å². The number of aromatic nitrogens is 3. The van der Waals surface area contributed by atoms with Gasteiger partial charge in [-0.3, -0.25) is 10.1 Å². The third-order valence-corrected chi connectivity index (χ3v) is 3.20. The largest absolute Gasteiger partial charge is 0.476 e. The monoisotopic (exact) mass is 355 g/mol. The van der Waals surface area contributed by atoms with E-state index in [4.69, 9.17) is 9.15 Å². The molecular formula is C16H13N5O5. The van der Waals surface area contributed by atoms with Gasteiger partial charge in [-0.05, 0) is 34.2 Å². The Hall–Kier alpha value is -3.82. The third kappa shape index (κ3) is 3.98. The van der Waals surface area contributed by atoms with Crippen LogP contribution in [0.4, 0.5) is 11.8 Å². The lowest BCUT2D eigenvalue weighted by molar-refractivity contribution is -0.390. The second kappa shape index (κ2) is 7.38. The zero-order valence-corrected chi connectivity index (χ0v) is 13.6. The van der Waals surface area contributed by atoms with Gasteiger partial charge in [-0.15, -0.1) is 5.10 Å². The van der Waals surface area contributed by atoms with Crippen LogP contribution in [0.3, 0.4) is 0 Å². The van der Waals surface area contributed by atoms with Crippen LogP contribution in [0.25, 0.3) is 11.5 Å². The molecule has 2 heterocycles. The number of carbonyl (C=O) groups excluding carboxylic acids is 1. The van der Waals surface area contributed by atoms with Crippen molar-refractivity contribution in [3.8, 4) is 17.2 Å². The van der Waals surface area contributed by atoms with Crippen molar-refractivity contribution in [2.75, 3.05) is 11.9 Å². The fourth-order valence-corrected chi connectivity index (χ4v) is 2.04. The molecule has 132 valence electrons. The van der Waals surface area contributed by atoms with Gasteiger partial charge in [0.1, 0.15) is 5.69 Å².